The molecule has 0 saturated heterocycles. The Kier molecular flexibility index (Phi) is 1.71. The maximum atomic E-state index is 4.43. The van der Waals surface area contributed by atoms with Gasteiger partial charge in [-0.3, -0.25) is 4.98 Å². The van der Waals surface area contributed by atoms with E-state index in [0.29, 0.717) is 0 Å². The van der Waals surface area contributed by atoms with Crippen LogP contribution in [0.5, 0.6) is 0 Å². The van der Waals surface area contributed by atoms with Gasteiger partial charge < -0.3 is 0 Å². The highest BCUT2D eigenvalue weighted by Crippen LogP contribution is 2.15. The van der Waals surface area contributed by atoms with E-state index < -0.39 is 0 Å². The van der Waals surface area contributed by atoms with Crippen molar-refractivity contribution in [3.63, 3.8) is 0 Å². The molecule has 0 unspecified atom stereocenters. The number of hydrogen-bond donors (Lipinski definition) is 0. The highest BCUT2D eigenvalue weighted by Gasteiger charge is 2.00. The van der Waals surface area contributed by atoms with Gasteiger partial charge in [0.2, 0.25) is 0 Å². The number of imidazole rings is 1. The van der Waals surface area contributed by atoms with Crippen molar-refractivity contribution in [2.45, 2.75) is 0 Å². The highest BCUT2D eigenvalue weighted by molar-refractivity contribution is 5.59. The van der Waals surface area contributed by atoms with E-state index in [4.69, 9.17) is 0 Å². The second kappa shape index (κ2) is 3.16. The molecule has 0 fully saturated rings. The first-order valence-electron chi connectivity index (χ1n) is 4.64. The second-order valence-corrected chi connectivity index (χ2v) is 3.18. The zero-order valence-electron chi connectivity index (χ0n) is 7.91. The lowest BCUT2D eigenvalue weighted by atomic mass is 10.2. The molecule has 0 aromatic carbocycles. The lowest BCUT2D eigenvalue weighted by Gasteiger charge is -2.00. The largest absolute Gasteiger partial charge is 0.265 e. The van der Waals surface area contributed by atoms with Gasteiger partial charge in [-0.05, 0) is 24.3 Å². The fraction of sp³-hybridized carbons (Fsp3) is 0. The van der Waals surface area contributed by atoms with E-state index in [9.17, 15) is 0 Å². The molecule has 0 N–H and O–H groups in total. The van der Waals surface area contributed by atoms with Crippen LogP contribution in [-0.4, -0.2) is 19.6 Å². The summed E-state index contributed by atoms with van der Waals surface area (Å²) in [5, 5.41) is 4.43. The summed E-state index contributed by atoms with van der Waals surface area (Å²) in [6, 6.07) is 7.77. The monoisotopic (exact) mass is 196 g/mol. The third kappa shape index (κ3) is 1.36. The second-order valence-electron chi connectivity index (χ2n) is 3.18. The normalized spacial score (nSPS) is 10.7. The van der Waals surface area contributed by atoms with Crippen molar-refractivity contribution < 1.29 is 0 Å². The fourth-order valence-corrected chi connectivity index (χ4v) is 1.49. The number of fused-ring (bicyclic) bond motifs is 1. The molecule has 0 radical (unpaired) electrons. The maximum Gasteiger partial charge on any atom is 0.153 e. The first kappa shape index (κ1) is 8.11. The quantitative estimate of drug-likeness (QED) is 0.596. The molecule has 0 amide bonds. The summed E-state index contributed by atoms with van der Waals surface area (Å²) in [4.78, 5) is 8.12. The van der Waals surface area contributed by atoms with Crippen molar-refractivity contribution in [3.8, 4) is 11.3 Å². The molecular formula is C11H8N4. The number of pyridine rings is 1. The van der Waals surface area contributed by atoms with Gasteiger partial charge in [0.05, 0.1) is 5.69 Å². The number of hydrogen-bond acceptors (Lipinski definition) is 3. The predicted octanol–water partition coefficient (Wildman–Crippen LogP) is 1.79. The first-order valence-corrected chi connectivity index (χ1v) is 4.64. The standard InChI is InChI=1S/C11H8N4/c1-2-11-13-7-8-15(11)14-10(1)9-3-5-12-6-4-9/h1-8H. The average Bonchev–Trinajstić information content (AvgIpc) is 2.77. The molecule has 0 saturated carbocycles. The molecule has 0 bridgehead atoms. The zero-order valence-corrected chi connectivity index (χ0v) is 7.91. The maximum absolute atomic E-state index is 4.43. The minimum atomic E-state index is 0.854. The molecule has 0 aliphatic rings. The third-order valence-electron chi connectivity index (χ3n) is 2.23. The zero-order chi connectivity index (χ0) is 10.1. The molecule has 3 rings (SSSR count). The summed E-state index contributed by atoms with van der Waals surface area (Å²) in [7, 11) is 0. The molecule has 0 aliphatic carbocycles. The van der Waals surface area contributed by atoms with E-state index in [1.165, 1.54) is 0 Å². The Hall–Kier alpha value is -2.23. The third-order valence-corrected chi connectivity index (χ3v) is 2.23. The van der Waals surface area contributed by atoms with E-state index in [-0.39, 0.29) is 0 Å². The summed E-state index contributed by atoms with van der Waals surface area (Å²) in [5.74, 6) is 0. The van der Waals surface area contributed by atoms with E-state index >= 15 is 0 Å². The first-order chi connectivity index (χ1) is 7.43. The van der Waals surface area contributed by atoms with Gasteiger partial charge in [0, 0.05) is 30.4 Å². The van der Waals surface area contributed by atoms with Crippen LogP contribution in [0.2, 0.25) is 0 Å². The van der Waals surface area contributed by atoms with Gasteiger partial charge in [0.25, 0.3) is 0 Å². The van der Waals surface area contributed by atoms with Crippen LogP contribution in [0.25, 0.3) is 16.9 Å². The van der Waals surface area contributed by atoms with Crippen molar-refractivity contribution in [1.29, 1.82) is 0 Å². The van der Waals surface area contributed by atoms with Crippen LogP contribution in [0, 0.1) is 0 Å². The molecule has 3 heterocycles. The molecule has 0 aliphatic heterocycles. The molecule has 72 valence electrons. The number of nitrogens with zero attached hydrogens (tertiary/aromatic N) is 4. The van der Waals surface area contributed by atoms with Crippen LogP contribution < -0.4 is 0 Å². The van der Waals surface area contributed by atoms with Gasteiger partial charge in [-0.15, -0.1) is 0 Å². The number of aromatic nitrogens is 4. The molecule has 4 nitrogen and oxygen atoms in total. The van der Waals surface area contributed by atoms with E-state index in [1.807, 2.05) is 30.5 Å². The molecule has 3 aromatic rings. The Balaban J connectivity index is 2.19. The van der Waals surface area contributed by atoms with Crippen molar-refractivity contribution in [1.82, 2.24) is 19.6 Å². The van der Waals surface area contributed by atoms with E-state index in [0.717, 1.165) is 16.9 Å². The van der Waals surface area contributed by atoms with Crippen molar-refractivity contribution in [3.05, 3.63) is 49.1 Å². The Morgan fingerprint density at radius 3 is 2.67 bits per heavy atom. The lowest BCUT2D eigenvalue weighted by Crippen LogP contribution is -1.92. The predicted molar refractivity (Wildman–Crippen MR) is 56.2 cm³/mol. The van der Waals surface area contributed by atoms with E-state index in [2.05, 4.69) is 15.1 Å². The molecule has 3 aromatic heterocycles. The summed E-state index contributed by atoms with van der Waals surface area (Å²) < 4.78 is 1.76. The van der Waals surface area contributed by atoms with Crippen molar-refractivity contribution in [2.75, 3.05) is 0 Å². The topological polar surface area (TPSA) is 43.1 Å². The molecule has 0 spiro atoms. The van der Waals surface area contributed by atoms with Crippen LogP contribution in [0.1, 0.15) is 0 Å². The van der Waals surface area contributed by atoms with Gasteiger partial charge in [-0.1, -0.05) is 0 Å². The van der Waals surface area contributed by atoms with Gasteiger partial charge in [-0.25, -0.2) is 9.50 Å². The summed E-state index contributed by atoms with van der Waals surface area (Å²) in [6.45, 7) is 0. The Bertz CT molecular complexity index is 586. The van der Waals surface area contributed by atoms with Gasteiger partial charge >= 0.3 is 0 Å². The highest BCUT2D eigenvalue weighted by atomic mass is 15.2. The fourth-order valence-electron chi connectivity index (χ4n) is 1.49. The lowest BCUT2D eigenvalue weighted by molar-refractivity contribution is 0.942. The van der Waals surface area contributed by atoms with Crippen LogP contribution in [0.4, 0.5) is 0 Å². The van der Waals surface area contributed by atoms with Crippen LogP contribution in [0.15, 0.2) is 49.1 Å². The SMILES string of the molecule is c1cc(-c2ccc3nccn3n2)ccn1. The van der Waals surface area contributed by atoms with Gasteiger partial charge in [0.15, 0.2) is 5.65 Å². The van der Waals surface area contributed by atoms with Crippen molar-refractivity contribution in [2.24, 2.45) is 0 Å². The van der Waals surface area contributed by atoms with Gasteiger partial charge in [0.1, 0.15) is 0 Å². The van der Waals surface area contributed by atoms with Crippen LogP contribution in [-0.2, 0) is 0 Å². The van der Waals surface area contributed by atoms with Crippen LogP contribution in [0.3, 0.4) is 0 Å². The summed E-state index contributed by atoms with van der Waals surface area (Å²) in [6.07, 6.45) is 7.09. The Labute approximate surface area is 86.2 Å². The summed E-state index contributed by atoms with van der Waals surface area (Å²) in [5.41, 5.74) is 2.83. The molecule has 0 atom stereocenters. The summed E-state index contributed by atoms with van der Waals surface area (Å²) >= 11 is 0. The Morgan fingerprint density at radius 2 is 1.80 bits per heavy atom. The van der Waals surface area contributed by atoms with Crippen molar-refractivity contribution >= 4 is 5.65 Å². The van der Waals surface area contributed by atoms with Gasteiger partial charge in [-0.2, -0.15) is 5.10 Å². The minimum Gasteiger partial charge on any atom is -0.265 e. The number of rotatable bonds is 1. The average molecular weight is 196 g/mol. The smallest absolute Gasteiger partial charge is 0.153 e. The molecule has 4 heteroatoms. The molecular weight excluding hydrogens is 188 g/mol. The molecule has 15 heavy (non-hydrogen) atoms. The van der Waals surface area contributed by atoms with Crippen LogP contribution >= 0.6 is 0 Å². The van der Waals surface area contributed by atoms with E-state index in [1.54, 1.807) is 23.1 Å². The minimum absolute atomic E-state index is 0.854. The Morgan fingerprint density at radius 1 is 0.933 bits per heavy atom.